The van der Waals surface area contributed by atoms with Crippen molar-refractivity contribution in [1.29, 1.82) is 0 Å². The lowest BCUT2D eigenvalue weighted by atomic mass is 9.67. The van der Waals surface area contributed by atoms with Crippen LogP contribution in [0.15, 0.2) is 52.3 Å². The molecule has 2 aromatic carbocycles. The van der Waals surface area contributed by atoms with Gasteiger partial charge in [0, 0.05) is 10.5 Å². The zero-order valence-corrected chi connectivity index (χ0v) is 17.1. The monoisotopic (exact) mass is 451 g/mol. The Hall–Kier alpha value is -1.35. The Morgan fingerprint density at radius 1 is 1.23 bits per heavy atom. The number of carbonyl (C=O) groups is 1. The van der Waals surface area contributed by atoms with E-state index in [0.29, 0.717) is 5.56 Å². The van der Waals surface area contributed by atoms with E-state index in [0.717, 1.165) is 16.0 Å². The van der Waals surface area contributed by atoms with Gasteiger partial charge < -0.3 is 4.74 Å². The summed E-state index contributed by atoms with van der Waals surface area (Å²) in [6.07, 6.45) is 0. The van der Waals surface area contributed by atoms with E-state index in [1.165, 1.54) is 23.2 Å². The maximum absolute atomic E-state index is 13.3. The molecule has 0 spiro atoms. The number of hydrogen-bond donors (Lipinski definition) is 0. The molecule has 3 aliphatic rings. The van der Waals surface area contributed by atoms with E-state index in [9.17, 15) is 13.2 Å². The summed E-state index contributed by atoms with van der Waals surface area (Å²) in [4.78, 5) is 14.3. The molecule has 3 atom stereocenters. The van der Waals surface area contributed by atoms with Crippen LogP contribution in [0.5, 0.6) is 0 Å². The van der Waals surface area contributed by atoms with Crippen LogP contribution >= 0.6 is 27.7 Å². The Kier molecular flexibility index (Phi) is 3.18. The fourth-order valence-electron chi connectivity index (χ4n) is 4.43. The Morgan fingerprint density at radius 2 is 1.96 bits per heavy atom. The standard InChI is InChI=1S/C18H14BrNO4S2/c1-10-7-8-14-12(9-10)18(16(21)24-2)17(19)11-5-3-4-6-13(11)25-15(17)20(18)26(14,22)23/h3-9,15H,1-2H3/t15?,17?,18-/m0/s1. The lowest BCUT2D eigenvalue weighted by Crippen LogP contribution is -2.77. The second-order valence-electron chi connectivity index (χ2n) is 6.68. The molecule has 26 heavy (non-hydrogen) atoms. The van der Waals surface area contributed by atoms with Crippen LogP contribution in [0.4, 0.5) is 0 Å². The Morgan fingerprint density at radius 3 is 2.69 bits per heavy atom. The van der Waals surface area contributed by atoms with Crippen LogP contribution in [0.1, 0.15) is 16.7 Å². The number of sulfonamides is 1. The first-order chi connectivity index (χ1) is 12.3. The van der Waals surface area contributed by atoms with Crippen LogP contribution in [0.3, 0.4) is 0 Å². The minimum Gasteiger partial charge on any atom is -0.467 e. The second-order valence-corrected chi connectivity index (χ2v) is 10.8. The Balaban J connectivity index is 1.91. The summed E-state index contributed by atoms with van der Waals surface area (Å²) in [6.45, 7) is 1.88. The van der Waals surface area contributed by atoms with Crippen LogP contribution in [-0.2, 0) is 29.4 Å². The molecule has 5 nitrogen and oxygen atoms in total. The molecule has 0 saturated carbocycles. The van der Waals surface area contributed by atoms with Gasteiger partial charge in [-0.2, -0.15) is 4.31 Å². The molecule has 0 aromatic heterocycles. The second kappa shape index (κ2) is 4.92. The van der Waals surface area contributed by atoms with Crippen LogP contribution in [-0.4, -0.2) is 31.2 Å². The predicted octanol–water partition coefficient (Wildman–Crippen LogP) is 3.10. The number of methoxy groups -OCH3 is 1. The van der Waals surface area contributed by atoms with Gasteiger partial charge in [0.1, 0.15) is 4.32 Å². The van der Waals surface area contributed by atoms with Gasteiger partial charge in [-0.05, 0) is 24.6 Å². The molecule has 2 unspecified atom stereocenters. The molecule has 0 radical (unpaired) electrons. The molecule has 5 rings (SSSR count). The molecule has 2 aromatic rings. The van der Waals surface area contributed by atoms with Gasteiger partial charge in [-0.3, -0.25) is 0 Å². The minimum absolute atomic E-state index is 0.180. The molecule has 0 aliphatic carbocycles. The van der Waals surface area contributed by atoms with Crippen molar-refractivity contribution in [1.82, 2.24) is 4.31 Å². The van der Waals surface area contributed by atoms with Gasteiger partial charge in [-0.15, -0.1) is 11.8 Å². The summed E-state index contributed by atoms with van der Waals surface area (Å²) in [6, 6.07) is 12.8. The van der Waals surface area contributed by atoms with Crippen LogP contribution in [0, 0.1) is 6.92 Å². The first-order valence-corrected chi connectivity index (χ1v) is 11.1. The van der Waals surface area contributed by atoms with Gasteiger partial charge >= 0.3 is 5.97 Å². The van der Waals surface area contributed by atoms with Gasteiger partial charge in [0.25, 0.3) is 0 Å². The van der Waals surface area contributed by atoms with E-state index < -0.39 is 31.2 Å². The lowest BCUT2D eigenvalue weighted by Gasteiger charge is -2.59. The number of aryl methyl sites for hydroxylation is 1. The first-order valence-electron chi connectivity index (χ1n) is 8.00. The molecule has 0 bridgehead atoms. The molecule has 0 amide bonds. The Bertz CT molecular complexity index is 1100. The van der Waals surface area contributed by atoms with Gasteiger partial charge in [-0.25, -0.2) is 13.2 Å². The van der Waals surface area contributed by atoms with Gasteiger partial charge in [0.15, 0.2) is 5.54 Å². The maximum Gasteiger partial charge on any atom is 0.334 e. The van der Waals surface area contributed by atoms with Crippen molar-refractivity contribution in [3.05, 3.63) is 59.2 Å². The lowest BCUT2D eigenvalue weighted by molar-refractivity contribution is -0.165. The zero-order valence-electron chi connectivity index (χ0n) is 13.9. The largest absolute Gasteiger partial charge is 0.467 e. The third-order valence-corrected chi connectivity index (χ3v) is 10.7. The van der Waals surface area contributed by atoms with E-state index in [1.54, 1.807) is 18.2 Å². The number of halogens is 1. The van der Waals surface area contributed by atoms with E-state index >= 15 is 0 Å². The van der Waals surface area contributed by atoms with Crippen molar-refractivity contribution in [3.63, 3.8) is 0 Å². The minimum atomic E-state index is -3.81. The quantitative estimate of drug-likeness (QED) is 0.492. The smallest absolute Gasteiger partial charge is 0.334 e. The highest BCUT2D eigenvalue weighted by Crippen LogP contribution is 2.76. The normalized spacial score (nSPS) is 32.8. The number of benzene rings is 2. The molecule has 1 saturated heterocycles. The Labute approximate surface area is 163 Å². The molecule has 3 heterocycles. The van der Waals surface area contributed by atoms with E-state index in [1.807, 2.05) is 31.2 Å². The van der Waals surface area contributed by atoms with E-state index in [2.05, 4.69) is 15.9 Å². The third kappa shape index (κ3) is 1.52. The number of fused-ring (bicyclic) bond motifs is 8. The van der Waals surface area contributed by atoms with E-state index in [4.69, 9.17) is 4.74 Å². The SMILES string of the molecule is COC(=O)[C@]12c3cc(C)ccc3S(=O)(=O)N1C1Sc3ccccc3C12Br. The predicted molar refractivity (Wildman–Crippen MR) is 101 cm³/mol. The summed E-state index contributed by atoms with van der Waals surface area (Å²) in [5.41, 5.74) is 0.852. The van der Waals surface area contributed by atoms with Crippen molar-refractivity contribution in [2.75, 3.05) is 7.11 Å². The fourth-order valence-corrected chi connectivity index (χ4v) is 10.2. The highest BCUT2D eigenvalue weighted by atomic mass is 79.9. The zero-order chi connectivity index (χ0) is 18.5. The van der Waals surface area contributed by atoms with Crippen molar-refractivity contribution in [2.45, 2.75) is 32.0 Å². The first kappa shape index (κ1) is 16.8. The summed E-state index contributed by atoms with van der Waals surface area (Å²) >= 11 is 5.27. The van der Waals surface area contributed by atoms with Crippen molar-refractivity contribution in [2.24, 2.45) is 0 Å². The average molecular weight is 452 g/mol. The summed E-state index contributed by atoms with van der Waals surface area (Å²) < 4.78 is 32.2. The number of thioether (sulfide) groups is 1. The number of carbonyl (C=O) groups excluding carboxylic acids is 1. The summed E-state index contributed by atoms with van der Waals surface area (Å²) in [7, 11) is -2.51. The molecule has 1 fully saturated rings. The fraction of sp³-hybridized carbons (Fsp3) is 0.278. The number of alkyl halides is 1. The van der Waals surface area contributed by atoms with Crippen molar-refractivity contribution >= 4 is 43.7 Å². The molecule has 8 heteroatoms. The van der Waals surface area contributed by atoms with E-state index in [-0.39, 0.29) is 4.90 Å². The van der Waals surface area contributed by atoms with Gasteiger partial charge in [-0.1, -0.05) is 51.8 Å². The number of esters is 1. The summed E-state index contributed by atoms with van der Waals surface area (Å²) in [5, 5.41) is -0.447. The average Bonchev–Trinajstić information content (AvgIpc) is 2.96. The highest BCUT2D eigenvalue weighted by molar-refractivity contribution is 9.10. The van der Waals surface area contributed by atoms with Gasteiger partial charge in [0.2, 0.25) is 10.0 Å². The molecular weight excluding hydrogens is 438 g/mol. The van der Waals surface area contributed by atoms with Crippen LogP contribution in [0.25, 0.3) is 0 Å². The van der Waals surface area contributed by atoms with Crippen molar-refractivity contribution in [3.8, 4) is 0 Å². The van der Waals surface area contributed by atoms with Crippen LogP contribution in [0.2, 0.25) is 0 Å². The number of hydrogen-bond acceptors (Lipinski definition) is 5. The van der Waals surface area contributed by atoms with Crippen LogP contribution < -0.4 is 0 Å². The third-order valence-electron chi connectivity index (χ3n) is 5.47. The molecule has 134 valence electrons. The molecular formula is C18H14BrNO4S2. The molecule has 0 N–H and O–H groups in total. The summed E-state index contributed by atoms with van der Waals surface area (Å²) in [5.74, 6) is -0.573. The number of rotatable bonds is 1. The topological polar surface area (TPSA) is 63.7 Å². The van der Waals surface area contributed by atoms with Gasteiger partial charge in [0.05, 0.1) is 17.4 Å². The maximum atomic E-state index is 13.3. The number of nitrogens with zero attached hydrogens (tertiary/aromatic N) is 1. The number of ether oxygens (including phenoxy) is 1. The van der Waals surface area contributed by atoms with Crippen molar-refractivity contribution < 1.29 is 17.9 Å². The molecule has 3 aliphatic heterocycles. The highest BCUT2D eigenvalue weighted by Gasteiger charge is 2.85.